The summed E-state index contributed by atoms with van der Waals surface area (Å²) in [4.78, 5) is 10.9. The highest BCUT2D eigenvalue weighted by Gasteiger charge is 2.43. The van der Waals surface area contributed by atoms with Crippen LogP contribution in [0.2, 0.25) is 0 Å². The van der Waals surface area contributed by atoms with E-state index >= 15 is 0 Å². The molecule has 5 nitrogen and oxygen atoms in total. The van der Waals surface area contributed by atoms with Crippen LogP contribution in [0.15, 0.2) is 18.2 Å². The number of rotatable bonds is 3. The van der Waals surface area contributed by atoms with Gasteiger partial charge < -0.3 is 14.2 Å². The van der Waals surface area contributed by atoms with Crippen molar-refractivity contribution in [1.29, 1.82) is 0 Å². The number of carbonyl (C=O) groups excluding carboxylic acids is 1. The van der Waals surface area contributed by atoms with Crippen molar-refractivity contribution in [2.45, 2.75) is 37.9 Å². The summed E-state index contributed by atoms with van der Waals surface area (Å²) in [5.41, 5.74) is 1.27. The smallest absolute Gasteiger partial charge is 0.490 e. The van der Waals surface area contributed by atoms with E-state index < -0.39 is 18.4 Å². The molecule has 0 aromatic heterocycles. The molecule has 1 N–H and O–H groups in total. The molecule has 0 aliphatic carbocycles. The van der Waals surface area contributed by atoms with Crippen LogP contribution in [0.4, 0.5) is 13.2 Å². The molecule has 3 rings (SSSR count). The van der Waals surface area contributed by atoms with Gasteiger partial charge in [-0.15, -0.1) is 0 Å². The van der Waals surface area contributed by atoms with Gasteiger partial charge in [0.05, 0.1) is 13.2 Å². The Labute approximate surface area is 130 Å². The van der Waals surface area contributed by atoms with Crippen molar-refractivity contribution < 1.29 is 32.2 Å². The summed E-state index contributed by atoms with van der Waals surface area (Å²) < 4.78 is 52.4. The molecule has 1 unspecified atom stereocenters. The Morgan fingerprint density at radius 2 is 2.00 bits per heavy atom. The molecular weight excluding hydrogens is 315 g/mol. The molecule has 1 aromatic carbocycles. The number of hydrogen-bond acceptors (Lipinski definition) is 5. The molecule has 1 fully saturated rings. The number of halogens is 3. The van der Waals surface area contributed by atoms with Crippen molar-refractivity contribution in [3.8, 4) is 5.75 Å². The van der Waals surface area contributed by atoms with E-state index in [2.05, 4.69) is 10.1 Å². The van der Waals surface area contributed by atoms with Crippen molar-refractivity contribution in [2.24, 2.45) is 0 Å². The van der Waals surface area contributed by atoms with E-state index in [1.54, 1.807) is 18.2 Å². The number of nitrogens with one attached hydrogen (secondary N) is 1. The van der Waals surface area contributed by atoms with Gasteiger partial charge in [0.2, 0.25) is 0 Å². The Balaban J connectivity index is 1.66. The highest BCUT2D eigenvalue weighted by Crippen LogP contribution is 2.32. The zero-order valence-electron chi connectivity index (χ0n) is 12.2. The van der Waals surface area contributed by atoms with E-state index in [-0.39, 0.29) is 6.10 Å². The largest absolute Gasteiger partial charge is 0.490 e. The van der Waals surface area contributed by atoms with Gasteiger partial charge in [0.25, 0.3) is 0 Å². The van der Waals surface area contributed by atoms with E-state index in [9.17, 15) is 18.0 Å². The molecule has 2 aliphatic heterocycles. The second-order valence-electron chi connectivity index (χ2n) is 5.45. The van der Waals surface area contributed by atoms with Gasteiger partial charge in [0, 0.05) is 24.9 Å². The van der Waals surface area contributed by atoms with Gasteiger partial charge in [0.1, 0.15) is 11.9 Å². The van der Waals surface area contributed by atoms with Gasteiger partial charge >= 0.3 is 12.1 Å². The van der Waals surface area contributed by atoms with E-state index in [4.69, 9.17) is 9.47 Å². The van der Waals surface area contributed by atoms with E-state index in [0.717, 1.165) is 18.4 Å². The van der Waals surface area contributed by atoms with Gasteiger partial charge in [-0.2, -0.15) is 13.2 Å². The number of fused-ring (bicyclic) bond motifs is 1. The Morgan fingerprint density at radius 1 is 1.26 bits per heavy atom. The van der Waals surface area contributed by atoms with Gasteiger partial charge in [-0.3, -0.25) is 5.32 Å². The lowest BCUT2D eigenvalue weighted by Gasteiger charge is -2.23. The molecule has 1 aromatic rings. The standard InChI is InChI=1S/C15H16F3NO4/c16-15(17,18)14(20)23-13-12-2-1-11(7-9(12)8-19-13)22-10-3-5-21-6-4-10/h1-2,7,10,13,19H,3-6,8H2. The lowest BCUT2D eigenvalue weighted by Crippen LogP contribution is -2.30. The second-order valence-corrected chi connectivity index (χ2v) is 5.45. The maximum absolute atomic E-state index is 12.3. The fourth-order valence-corrected chi connectivity index (χ4v) is 2.64. The van der Waals surface area contributed by atoms with Crippen LogP contribution in [0.25, 0.3) is 0 Å². The molecule has 2 aliphatic rings. The molecule has 0 spiro atoms. The molecule has 8 heteroatoms. The van der Waals surface area contributed by atoms with E-state index in [0.29, 0.717) is 31.1 Å². The second kappa shape index (κ2) is 6.37. The SMILES string of the molecule is O=C(OC1NCc2cc(OC3CCOCC3)ccc21)C(F)(F)F. The summed E-state index contributed by atoms with van der Waals surface area (Å²) in [6.45, 7) is 1.63. The average Bonchev–Trinajstić information content (AvgIpc) is 2.90. The molecule has 23 heavy (non-hydrogen) atoms. The van der Waals surface area contributed by atoms with Crippen molar-refractivity contribution in [3.63, 3.8) is 0 Å². The van der Waals surface area contributed by atoms with Gasteiger partial charge in [0.15, 0.2) is 6.23 Å². The first kappa shape index (κ1) is 16.1. The van der Waals surface area contributed by atoms with Gasteiger partial charge in [-0.05, 0) is 23.8 Å². The van der Waals surface area contributed by atoms with Crippen molar-refractivity contribution in [3.05, 3.63) is 29.3 Å². The average molecular weight is 331 g/mol. The summed E-state index contributed by atoms with van der Waals surface area (Å²) in [5.74, 6) is -1.55. The van der Waals surface area contributed by atoms with Crippen LogP contribution in [-0.4, -0.2) is 31.5 Å². The maximum Gasteiger partial charge on any atom is 0.490 e. The van der Waals surface area contributed by atoms with Gasteiger partial charge in [-0.1, -0.05) is 0 Å². The van der Waals surface area contributed by atoms with Crippen molar-refractivity contribution in [2.75, 3.05) is 13.2 Å². The predicted octanol–water partition coefficient (Wildman–Crippen LogP) is 2.45. The fraction of sp³-hybridized carbons (Fsp3) is 0.533. The molecule has 1 atom stereocenters. The number of benzene rings is 1. The molecule has 1 saturated heterocycles. The lowest BCUT2D eigenvalue weighted by atomic mass is 10.1. The van der Waals surface area contributed by atoms with Crippen LogP contribution in [0.1, 0.15) is 30.2 Å². The molecule has 0 bridgehead atoms. The lowest BCUT2D eigenvalue weighted by molar-refractivity contribution is -0.206. The van der Waals surface area contributed by atoms with E-state index in [1.165, 1.54) is 0 Å². The Kier molecular flexibility index (Phi) is 4.45. The Hall–Kier alpha value is -1.80. The first-order valence-corrected chi connectivity index (χ1v) is 7.32. The third-order valence-corrected chi connectivity index (χ3v) is 3.80. The van der Waals surface area contributed by atoms with Gasteiger partial charge in [-0.25, -0.2) is 4.79 Å². The van der Waals surface area contributed by atoms with Crippen LogP contribution in [-0.2, 0) is 20.8 Å². The number of hydrogen-bond donors (Lipinski definition) is 1. The van der Waals surface area contributed by atoms with Crippen LogP contribution in [0.5, 0.6) is 5.75 Å². The zero-order chi connectivity index (χ0) is 16.4. The zero-order valence-corrected chi connectivity index (χ0v) is 12.2. The van der Waals surface area contributed by atoms with Crippen LogP contribution < -0.4 is 10.1 Å². The normalized spacial score (nSPS) is 21.8. The van der Waals surface area contributed by atoms with Crippen LogP contribution in [0, 0.1) is 0 Å². The van der Waals surface area contributed by atoms with Crippen molar-refractivity contribution >= 4 is 5.97 Å². The number of alkyl halides is 3. The molecule has 0 saturated carbocycles. The minimum atomic E-state index is -5.00. The van der Waals surface area contributed by atoms with Crippen LogP contribution >= 0.6 is 0 Å². The van der Waals surface area contributed by atoms with Crippen LogP contribution in [0.3, 0.4) is 0 Å². The third kappa shape index (κ3) is 3.76. The first-order chi connectivity index (χ1) is 10.9. The Morgan fingerprint density at radius 3 is 2.70 bits per heavy atom. The number of carbonyl (C=O) groups is 1. The monoisotopic (exact) mass is 331 g/mol. The first-order valence-electron chi connectivity index (χ1n) is 7.32. The molecular formula is C15H16F3NO4. The summed E-state index contributed by atoms with van der Waals surface area (Å²) >= 11 is 0. The van der Waals surface area contributed by atoms with Crippen molar-refractivity contribution in [1.82, 2.24) is 5.32 Å². The molecule has 126 valence electrons. The summed E-state index contributed by atoms with van der Waals surface area (Å²) in [6, 6.07) is 5.06. The summed E-state index contributed by atoms with van der Waals surface area (Å²) in [6.07, 6.45) is -4.40. The third-order valence-electron chi connectivity index (χ3n) is 3.80. The van der Waals surface area contributed by atoms with E-state index in [1.807, 2.05) is 0 Å². The topological polar surface area (TPSA) is 56.8 Å². The predicted molar refractivity (Wildman–Crippen MR) is 72.6 cm³/mol. The maximum atomic E-state index is 12.3. The highest BCUT2D eigenvalue weighted by molar-refractivity contribution is 5.76. The fourth-order valence-electron chi connectivity index (χ4n) is 2.64. The minimum absolute atomic E-state index is 0.0787. The molecule has 2 heterocycles. The molecule has 0 radical (unpaired) electrons. The Bertz CT molecular complexity index is 585. The number of ether oxygens (including phenoxy) is 3. The number of esters is 1. The summed E-state index contributed by atoms with van der Waals surface area (Å²) in [7, 11) is 0. The quantitative estimate of drug-likeness (QED) is 0.862. The summed E-state index contributed by atoms with van der Waals surface area (Å²) in [5, 5.41) is 2.74. The minimum Gasteiger partial charge on any atom is -0.490 e. The highest BCUT2D eigenvalue weighted by atomic mass is 19.4. The molecule has 0 amide bonds.